The molecular weight excluding hydrogens is 843 g/mol. The summed E-state index contributed by atoms with van der Waals surface area (Å²) in [5, 5.41) is 20.8. The second-order valence-electron chi connectivity index (χ2n) is 14.7. The van der Waals surface area contributed by atoms with Gasteiger partial charge in [-0.1, -0.05) is 38.1 Å². The third-order valence-electron chi connectivity index (χ3n) is 10.6. The summed E-state index contributed by atoms with van der Waals surface area (Å²) in [6.07, 6.45) is 1.32. The lowest BCUT2D eigenvalue weighted by molar-refractivity contribution is -0.137. The van der Waals surface area contributed by atoms with E-state index in [1.807, 2.05) is 0 Å². The maximum Gasteiger partial charge on any atom is 0.307 e. The number of carbonyl (C=O) groups is 2. The van der Waals surface area contributed by atoms with E-state index in [1.165, 1.54) is 69.3 Å². The molecule has 0 aromatic heterocycles. The van der Waals surface area contributed by atoms with Crippen LogP contribution < -0.4 is 9.47 Å². The summed E-state index contributed by atoms with van der Waals surface area (Å²) >= 11 is 0. The van der Waals surface area contributed by atoms with Gasteiger partial charge in [0.05, 0.1) is 22.6 Å². The molecule has 0 radical (unpaired) electrons. The fourth-order valence-corrected chi connectivity index (χ4v) is 10.3. The van der Waals surface area contributed by atoms with Crippen LogP contribution in [-0.2, 0) is 42.5 Å². The van der Waals surface area contributed by atoms with Gasteiger partial charge in [0.1, 0.15) is 34.6 Å². The minimum Gasteiger partial charge on any atom is -0.481 e. The third-order valence-corrected chi connectivity index (χ3v) is 14.6. The van der Waals surface area contributed by atoms with Crippen LogP contribution in [0.4, 0.5) is 8.78 Å². The van der Waals surface area contributed by atoms with Gasteiger partial charge in [0.15, 0.2) is 0 Å². The molecule has 0 atom stereocenters. The molecule has 0 saturated carbocycles. The van der Waals surface area contributed by atoms with E-state index in [1.54, 1.807) is 64.1 Å². The van der Waals surface area contributed by atoms with Gasteiger partial charge in [-0.15, -0.1) is 0 Å². The topological polar surface area (TPSA) is 168 Å². The van der Waals surface area contributed by atoms with E-state index in [-0.39, 0.29) is 22.6 Å². The van der Waals surface area contributed by atoms with E-state index in [4.69, 9.17) is 9.47 Å². The highest BCUT2D eigenvalue weighted by Gasteiger charge is 2.27. The van der Waals surface area contributed by atoms with Crippen molar-refractivity contribution < 1.29 is 54.9 Å². The summed E-state index contributed by atoms with van der Waals surface area (Å²) in [6.45, 7) is 8.77. The Morgan fingerprint density at radius 2 is 1.03 bits per heavy atom. The highest BCUT2D eigenvalue weighted by Crippen LogP contribution is 2.38. The van der Waals surface area contributed by atoms with Crippen molar-refractivity contribution >= 4 is 53.5 Å². The summed E-state index contributed by atoms with van der Waals surface area (Å²) in [5.74, 6) is -1.41. The van der Waals surface area contributed by atoms with Gasteiger partial charge in [-0.25, -0.2) is 25.6 Å². The lowest BCUT2D eigenvalue weighted by Gasteiger charge is -2.19. The monoisotopic (exact) mass is 888 g/mol. The van der Waals surface area contributed by atoms with Crippen molar-refractivity contribution in [1.29, 1.82) is 0 Å². The molecule has 0 aliphatic carbocycles. The standard InChI is InChI=1S/C23H22FNO5S.C23H24FNO5S/c1-15-17(13-22(26)27)12-16-4-5-18(24)14-21(16)23(15)30-19-6-8-20(9-7-19)31(28,29)25-10-2-3-11-25;1-4-25(5-2)31(28,29)20-10-8-19(9-11-20)30-23-15(3)17(13-22(26)27)12-16-6-7-18(24)14-21(16)23/h4-9,12,14H,2-3,10-11,13H2,1H3,(H,26,27);6-12,14H,4-5,13H2,1-3H3,(H,26,27). The van der Waals surface area contributed by atoms with Crippen LogP contribution in [0.5, 0.6) is 23.0 Å². The zero-order chi connectivity index (χ0) is 44.9. The summed E-state index contributed by atoms with van der Waals surface area (Å²) in [7, 11) is -7.13. The number of hydrogen-bond donors (Lipinski definition) is 2. The highest BCUT2D eigenvalue weighted by molar-refractivity contribution is 7.89. The third kappa shape index (κ3) is 10.1. The van der Waals surface area contributed by atoms with Gasteiger partial charge in [0, 0.05) is 37.0 Å². The Hall–Kier alpha value is -5.94. The molecule has 6 aromatic rings. The van der Waals surface area contributed by atoms with Crippen LogP contribution in [0.2, 0.25) is 0 Å². The molecule has 1 fully saturated rings. The van der Waals surface area contributed by atoms with Crippen molar-refractivity contribution in [2.45, 2.75) is 63.2 Å². The smallest absolute Gasteiger partial charge is 0.307 e. The van der Waals surface area contributed by atoms with Gasteiger partial charge in [-0.05, 0) is 133 Å². The molecule has 7 rings (SSSR count). The van der Waals surface area contributed by atoms with Crippen molar-refractivity contribution in [3.63, 3.8) is 0 Å². The summed E-state index contributed by atoms with van der Waals surface area (Å²) in [6, 6.07) is 23.9. The predicted octanol–water partition coefficient (Wildman–Crippen LogP) is 9.23. The molecule has 2 N–H and O–H groups in total. The largest absolute Gasteiger partial charge is 0.481 e. The number of hydrogen-bond acceptors (Lipinski definition) is 8. The van der Waals surface area contributed by atoms with Gasteiger partial charge < -0.3 is 19.7 Å². The maximum atomic E-state index is 13.9. The maximum absolute atomic E-state index is 13.9. The van der Waals surface area contributed by atoms with Crippen molar-refractivity contribution in [2.75, 3.05) is 26.2 Å². The minimum atomic E-state index is -3.60. The Balaban J connectivity index is 0.000000207. The molecule has 0 unspecified atom stereocenters. The average molecular weight is 889 g/mol. The second kappa shape index (κ2) is 19.0. The number of halogens is 2. The molecule has 326 valence electrons. The summed E-state index contributed by atoms with van der Waals surface area (Å²) in [5.41, 5.74) is 2.30. The highest BCUT2D eigenvalue weighted by atomic mass is 32.2. The molecule has 0 bridgehead atoms. The first-order valence-electron chi connectivity index (χ1n) is 19.9. The number of carboxylic acids is 2. The minimum absolute atomic E-state index is 0.149. The fraction of sp³-hybridized carbons (Fsp3) is 0.261. The molecule has 6 aromatic carbocycles. The van der Waals surface area contributed by atoms with E-state index in [2.05, 4.69) is 0 Å². The van der Waals surface area contributed by atoms with Crippen LogP contribution >= 0.6 is 0 Å². The number of ether oxygens (including phenoxy) is 2. The molecule has 16 heteroatoms. The molecule has 62 heavy (non-hydrogen) atoms. The molecule has 12 nitrogen and oxygen atoms in total. The van der Waals surface area contributed by atoms with E-state index in [0.29, 0.717) is 93.0 Å². The predicted molar refractivity (Wildman–Crippen MR) is 231 cm³/mol. The molecule has 1 saturated heterocycles. The zero-order valence-corrected chi connectivity index (χ0v) is 36.2. The van der Waals surface area contributed by atoms with E-state index in [0.717, 1.165) is 12.8 Å². The summed E-state index contributed by atoms with van der Waals surface area (Å²) < 4.78 is 93.4. The number of benzene rings is 6. The number of nitrogens with zero attached hydrogens (tertiary/aromatic N) is 2. The van der Waals surface area contributed by atoms with Crippen molar-refractivity contribution in [2.24, 2.45) is 0 Å². The first-order chi connectivity index (χ1) is 29.4. The molecule has 1 heterocycles. The average Bonchev–Trinajstić information content (AvgIpc) is 3.79. The normalized spacial score (nSPS) is 13.3. The molecule has 0 spiro atoms. The number of sulfonamides is 2. The Morgan fingerprint density at radius 1 is 0.629 bits per heavy atom. The van der Waals surface area contributed by atoms with Gasteiger partial charge in [0.2, 0.25) is 20.0 Å². The number of aliphatic carboxylic acids is 2. The molecule has 1 aliphatic heterocycles. The van der Waals surface area contributed by atoms with Crippen LogP contribution in [0.3, 0.4) is 0 Å². The fourth-order valence-electron chi connectivity index (χ4n) is 7.33. The number of carboxylic acid groups (broad SMARTS) is 2. The van der Waals surface area contributed by atoms with Crippen LogP contribution in [-0.4, -0.2) is 73.8 Å². The van der Waals surface area contributed by atoms with E-state index >= 15 is 0 Å². The van der Waals surface area contributed by atoms with Gasteiger partial charge in [0.25, 0.3) is 0 Å². The van der Waals surface area contributed by atoms with Gasteiger partial charge >= 0.3 is 11.9 Å². The van der Waals surface area contributed by atoms with E-state index < -0.39 is 43.6 Å². The quantitative estimate of drug-likeness (QED) is 0.108. The van der Waals surface area contributed by atoms with Crippen molar-refractivity contribution in [3.05, 3.63) is 131 Å². The van der Waals surface area contributed by atoms with Gasteiger partial charge in [-0.2, -0.15) is 8.61 Å². The zero-order valence-electron chi connectivity index (χ0n) is 34.5. The van der Waals surface area contributed by atoms with Crippen molar-refractivity contribution in [3.8, 4) is 23.0 Å². The molecular formula is C46H46F2N2O10S2. The Morgan fingerprint density at radius 3 is 1.42 bits per heavy atom. The van der Waals surface area contributed by atoms with Crippen LogP contribution in [0.25, 0.3) is 21.5 Å². The second-order valence-corrected chi connectivity index (χ2v) is 18.6. The van der Waals surface area contributed by atoms with Crippen LogP contribution in [0.1, 0.15) is 48.9 Å². The number of rotatable bonds is 14. The first kappa shape index (κ1) is 45.6. The Kier molecular flexibility index (Phi) is 14.0. The SMILES string of the molecule is CCN(CC)S(=O)(=O)c1ccc(Oc2c(C)c(CC(=O)O)cc3ccc(F)cc23)cc1.Cc1c(CC(=O)O)cc2ccc(F)cc2c1Oc1ccc(S(=O)(=O)N2CCCC2)cc1. The van der Waals surface area contributed by atoms with Gasteiger partial charge in [-0.3, -0.25) is 9.59 Å². The first-order valence-corrected chi connectivity index (χ1v) is 22.7. The Bertz CT molecular complexity index is 2680. The lowest BCUT2D eigenvalue weighted by Crippen LogP contribution is -2.30. The Labute approximate surface area is 359 Å². The van der Waals surface area contributed by atoms with Crippen LogP contribution in [0.15, 0.2) is 107 Å². The van der Waals surface area contributed by atoms with Crippen LogP contribution in [0, 0.1) is 25.5 Å². The number of fused-ring (bicyclic) bond motifs is 2. The summed E-state index contributed by atoms with van der Waals surface area (Å²) in [4.78, 5) is 22.9. The van der Waals surface area contributed by atoms with E-state index in [9.17, 15) is 45.4 Å². The molecule has 1 aliphatic rings. The molecule has 0 amide bonds. The van der Waals surface area contributed by atoms with Crippen molar-refractivity contribution in [1.82, 2.24) is 8.61 Å². The lowest BCUT2D eigenvalue weighted by atomic mass is 9.98.